The quantitative estimate of drug-likeness (QED) is 0.763. The standard InChI is InChI=1S/C12H13N3O2/c1-14-6-10-11(7-14)15(13-12(10)17)8-2-4-9(16)5-3-8/h2-5,16H,6-7H2,1H3,(H,13,17). The van der Waals surface area contributed by atoms with E-state index in [2.05, 4.69) is 10.00 Å². The van der Waals surface area contributed by atoms with E-state index in [1.165, 1.54) is 0 Å². The van der Waals surface area contributed by atoms with E-state index >= 15 is 0 Å². The van der Waals surface area contributed by atoms with Crippen LogP contribution in [0.5, 0.6) is 5.75 Å². The van der Waals surface area contributed by atoms with Crippen molar-refractivity contribution in [1.29, 1.82) is 0 Å². The molecule has 2 aromatic rings. The summed E-state index contributed by atoms with van der Waals surface area (Å²) in [7, 11) is 1.99. The minimum atomic E-state index is -0.0302. The number of aromatic amines is 1. The van der Waals surface area contributed by atoms with Gasteiger partial charge in [0.2, 0.25) is 0 Å². The zero-order chi connectivity index (χ0) is 12.0. The number of hydrogen-bond acceptors (Lipinski definition) is 3. The van der Waals surface area contributed by atoms with Crippen LogP contribution in [0.4, 0.5) is 0 Å². The number of H-pyrrole nitrogens is 1. The Kier molecular flexibility index (Phi) is 2.09. The molecule has 0 fully saturated rings. The monoisotopic (exact) mass is 231 g/mol. The minimum absolute atomic E-state index is 0.0302. The molecule has 0 spiro atoms. The number of phenols is 1. The molecule has 0 aliphatic carbocycles. The van der Waals surface area contributed by atoms with Gasteiger partial charge in [0.25, 0.3) is 5.56 Å². The fourth-order valence-electron chi connectivity index (χ4n) is 2.24. The summed E-state index contributed by atoms with van der Waals surface area (Å²) in [6, 6.07) is 6.78. The molecule has 5 nitrogen and oxygen atoms in total. The molecule has 0 radical (unpaired) electrons. The average molecular weight is 231 g/mol. The third kappa shape index (κ3) is 1.55. The molecule has 2 heterocycles. The summed E-state index contributed by atoms with van der Waals surface area (Å²) in [4.78, 5) is 13.9. The fourth-order valence-corrected chi connectivity index (χ4v) is 2.24. The second-order valence-corrected chi connectivity index (χ2v) is 4.39. The molecule has 0 unspecified atom stereocenters. The van der Waals surface area contributed by atoms with Crippen molar-refractivity contribution < 1.29 is 5.11 Å². The molecule has 5 heteroatoms. The lowest BCUT2D eigenvalue weighted by atomic mass is 10.2. The number of nitrogens with one attached hydrogen (secondary N) is 1. The normalized spacial score (nSPS) is 15.1. The molecule has 17 heavy (non-hydrogen) atoms. The molecule has 1 aromatic carbocycles. The Morgan fingerprint density at radius 3 is 2.65 bits per heavy atom. The van der Waals surface area contributed by atoms with Crippen molar-refractivity contribution in [3.63, 3.8) is 0 Å². The first-order valence-electron chi connectivity index (χ1n) is 5.46. The molecule has 0 bridgehead atoms. The van der Waals surface area contributed by atoms with Gasteiger partial charge in [-0.3, -0.25) is 19.5 Å². The summed E-state index contributed by atoms with van der Waals surface area (Å²) in [6.07, 6.45) is 0. The van der Waals surface area contributed by atoms with Crippen molar-refractivity contribution in [2.45, 2.75) is 13.1 Å². The lowest BCUT2D eigenvalue weighted by Crippen LogP contribution is -2.16. The number of aromatic nitrogens is 2. The van der Waals surface area contributed by atoms with Crippen molar-refractivity contribution in [2.24, 2.45) is 0 Å². The summed E-state index contributed by atoms with van der Waals surface area (Å²) in [5, 5.41) is 12.1. The Morgan fingerprint density at radius 2 is 1.94 bits per heavy atom. The fraction of sp³-hybridized carbons (Fsp3) is 0.250. The first-order valence-corrected chi connectivity index (χ1v) is 5.46. The Bertz CT molecular complexity index is 610. The van der Waals surface area contributed by atoms with E-state index in [4.69, 9.17) is 0 Å². The summed E-state index contributed by atoms with van der Waals surface area (Å²) >= 11 is 0. The van der Waals surface area contributed by atoms with Crippen molar-refractivity contribution >= 4 is 0 Å². The van der Waals surface area contributed by atoms with Gasteiger partial charge in [0.05, 0.1) is 16.9 Å². The van der Waals surface area contributed by atoms with Crippen LogP contribution in [0.3, 0.4) is 0 Å². The molecule has 88 valence electrons. The molecule has 0 atom stereocenters. The van der Waals surface area contributed by atoms with Gasteiger partial charge in [0.1, 0.15) is 5.75 Å². The van der Waals surface area contributed by atoms with Gasteiger partial charge in [-0.1, -0.05) is 0 Å². The van der Waals surface area contributed by atoms with E-state index in [-0.39, 0.29) is 11.3 Å². The molecular formula is C12H13N3O2. The van der Waals surface area contributed by atoms with Crippen molar-refractivity contribution in [3.8, 4) is 11.4 Å². The Morgan fingerprint density at radius 1 is 1.24 bits per heavy atom. The predicted molar refractivity (Wildman–Crippen MR) is 63.2 cm³/mol. The van der Waals surface area contributed by atoms with E-state index in [1.54, 1.807) is 28.9 Å². The minimum Gasteiger partial charge on any atom is -0.508 e. The highest BCUT2D eigenvalue weighted by atomic mass is 16.3. The van der Waals surface area contributed by atoms with E-state index in [0.29, 0.717) is 6.54 Å². The van der Waals surface area contributed by atoms with E-state index < -0.39 is 0 Å². The van der Waals surface area contributed by atoms with Crippen LogP contribution < -0.4 is 5.56 Å². The maximum Gasteiger partial charge on any atom is 0.269 e. The molecule has 0 amide bonds. The van der Waals surface area contributed by atoms with Crippen molar-refractivity contribution in [1.82, 2.24) is 14.7 Å². The second-order valence-electron chi connectivity index (χ2n) is 4.39. The largest absolute Gasteiger partial charge is 0.508 e. The number of phenolic OH excluding ortho intramolecular Hbond substituents is 1. The number of benzene rings is 1. The Hall–Kier alpha value is -2.01. The summed E-state index contributed by atoms with van der Waals surface area (Å²) < 4.78 is 1.79. The van der Waals surface area contributed by atoms with Crippen LogP contribution in [0.2, 0.25) is 0 Å². The highest BCUT2D eigenvalue weighted by Gasteiger charge is 2.24. The number of fused-ring (bicyclic) bond motifs is 1. The van der Waals surface area contributed by atoms with Crippen LogP contribution in [-0.4, -0.2) is 26.8 Å². The van der Waals surface area contributed by atoms with Crippen LogP contribution in [0.25, 0.3) is 5.69 Å². The summed E-state index contributed by atoms with van der Waals surface area (Å²) in [5.74, 6) is 0.219. The second kappa shape index (κ2) is 3.49. The average Bonchev–Trinajstić information content (AvgIpc) is 2.80. The lowest BCUT2D eigenvalue weighted by Gasteiger charge is -2.09. The molecule has 1 aliphatic heterocycles. The van der Waals surface area contributed by atoms with Gasteiger partial charge in [-0.25, -0.2) is 0 Å². The smallest absolute Gasteiger partial charge is 0.269 e. The number of hydrogen-bond donors (Lipinski definition) is 2. The Labute approximate surface area is 97.9 Å². The Balaban J connectivity index is 2.14. The van der Waals surface area contributed by atoms with Gasteiger partial charge in [0, 0.05) is 13.1 Å². The third-order valence-corrected chi connectivity index (χ3v) is 3.06. The van der Waals surface area contributed by atoms with Gasteiger partial charge in [-0.2, -0.15) is 0 Å². The van der Waals surface area contributed by atoms with E-state index in [1.807, 2.05) is 7.05 Å². The molecule has 0 saturated heterocycles. The maximum absolute atomic E-state index is 11.8. The highest BCUT2D eigenvalue weighted by molar-refractivity contribution is 5.39. The predicted octanol–water partition coefficient (Wildman–Crippen LogP) is 0.817. The maximum atomic E-state index is 11.8. The first-order chi connectivity index (χ1) is 8.15. The van der Waals surface area contributed by atoms with Gasteiger partial charge in [-0.15, -0.1) is 0 Å². The molecular weight excluding hydrogens is 218 g/mol. The first kappa shape index (κ1) is 10.2. The molecule has 0 saturated carbocycles. The topological polar surface area (TPSA) is 61.3 Å². The number of nitrogens with zero attached hydrogens (tertiary/aromatic N) is 2. The SMILES string of the molecule is CN1Cc2c(n(-c3ccc(O)cc3)[nH]c2=O)C1. The third-order valence-electron chi connectivity index (χ3n) is 3.06. The van der Waals surface area contributed by atoms with Crippen molar-refractivity contribution in [3.05, 3.63) is 45.9 Å². The zero-order valence-corrected chi connectivity index (χ0v) is 9.47. The van der Waals surface area contributed by atoms with Crippen molar-refractivity contribution in [2.75, 3.05) is 7.05 Å². The van der Waals surface area contributed by atoms with Gasteiger partial charge < -0.3 is 5.11 Å². The van der Waals surface area contributed by atoms with Crippen LogP contribution in [0.1, 0.15) is 11.3 Å². The summed E-state index contributed by atoms with van der Waals surface area (Å²) in [6.45, 7) is 1.45. The van der Waals surface area contributed by atoms with Crippen LogP contribution >= 0.6 is 0 Å². The zero-order valence-electron chi connectivity index (χ0n) is 9.47. The lowest BCUT2D eigenvalue weighted by molar-refractivity contribution is 0.345. The molecule has 1 aliphatic rings. The van der Waals surface area contributed by atoms with Gasteiger partial charge >= 0.3 is 0 Å². The highest BCUT2D eigenvalue weighted by Crippen LogP contribution is 2.21. The molecule has 1 aromatic heterocycles. The van der Waals surface area contributed by atoms with Crippen LogP contribution in [-0.2, 0) is 13.1 Å². The summed E-state index contributed by atoms with van der Waals surface area (Å²) in [5.41, 5.74) is 2.66. The van der Waals surface area contributed by atoms with Crippen LogP contribution in [0, 0.1) is 0 Å². The van der Waals surface area contributed by atoms with E-state index in [0.717, 1.165) is 23.5 Å². The molecule has 2 N–H and O–H groups in total. The van der Waals surface area contributed by atoms with E-state index in [9.17, 15) is 9.90 Å². The number of rotatable bonds is 1. The van der Waals surface area contributed by atoms with Crippen LogP contribution in [0.15, 0.2) is 29.1 Å². The van der Waals surface area contributed by atoms with Gasteiger partial charge in [-0.05, 0) is 31.3 Å². The molecule has 3 rings (SSSR count). The number of aromatic hydroxyl groups is 1. The van der Waals surface area contributed by atoms with Gasteiger partial charge in [0.15, 0.2) is 0 Å².